The number of carboxylic acids is 1. The Morgan fingerprint density at radius 2 is 1.52 bits per heavy atom. The minimum atomic E-state index is -3.97. The predicted molar refractivity (Wildman–Crippen MR) is 180 cm³/mol. The molecule has 0 heterocycles. The number of aliphatic carboxylic acids is 1. The molecule has 0 aliphatic heterocycles. The molecule has 3 aliphatic rings. The van der Waals surface area contributed by atoms with E-state index in [1.54, 1.807) is 28.1 Å². The first-order valence-corrected chi connectivity index (χ1v) is 19.1. The molecule has 3 aliphatic carbocycles. The lowest BCUT2D eigenvalue weighted by atomic mass is 9.79. The number of methoxy groups -OCH3 is 2. The van der Waals surface area contributed by atoms with Crippen LogP contribution in [0.5, 0.6) is 0 Å². The number of sulfonamides is 1. The van der Waals surface area contributed by atoms with Gasteiger partial charge in [0.25, 0.3) is 0 Å². The highest BCUT2D eigenvalue weighted by Gasteiger charge is 2.39. The number of hydrazine groups is 1. The standard InChI is InChI=1S/C32H58N6O9S/c1-20-9-7-8-10-24(20)34-30(42)33-22-12-14-23(15-13-22)36-32(2,3)28(39)19-38(37-48(6,44)45)31(43)35-25(18-29(40)41)21-11-16-26(46-4)27(17-21)47-5/h20-27,36-37H,7-19H2,1-6H3,(H,35,43)(H,40,41)(H2,33,34,42)/t20?,21?,22?,23?,24?,25-,26?,27?/m0/s1. The second-order valence-electron chi connectivity index (χ2n) is 14.5. The van der Waals surface area contributed by atoms with Gasteiger partial charge in [0.15, 0.2) is 5.78 Å². The molecule has 3 fully saturated rings. The van der Waals surface area contributed by atoms with Gasteiger partial charge in [-0.15, -0.1) is 4.83 Å². The molecule has 6 N–H and O–H groups in total. The summed E-state index contributed by atoms with van der Waals surface area (Å²) in [5.41, 5.74) is -1.12. The highest BCUT2D eigenvalue weighted by atomic mass is 32.2. The molecule has 276 valence electrons. The van der Waals surface area contributed by atoms with Gasteiger partial charge in [-0.2, -0.15) is 0 Å². The molecule has 3 rings (SSSR count). The Morgan fingerprint density at radius 3 is 2.10 bits per heavy atom. The van der Waals surface area contributed by atoms with Gasteiger partial charge in [-0.25, -0.2) is 23.0 Å². The molecular weight excluding hydrogens is 644 g/mol. The summed E-state index contributed by atoms with van der Waals surface area (Å²) in [4.78, 5) is 53.6. The number of nitrogens with zero attached hydrogens (tertiary/aromatic N) is 1. The summed E-state index contributed by atoms with van der Waals surface area (Å²) in [6.45, 7) is 4.95. The second kappa shape index (κ2) is 17.9. The lowest BCUT2D eigenvalue weighted by molar-refractivity contribution is -0.138. The van der Waals surface area contributed by atoms with E-state index in [4.69, 9.17) is 9.47 Å². The molecule has 0 radical (unpaired) electrons. The third kappa shape index (κ3) is 12.4. The van der Waals surface area contributed by atoms with Gasteiger partial charge >= 0.3 is 18.0 Å². The number of hydrogen-bond donors (Lipinski definition) is 6. The Labute approximate surface area is 285 Å². The summed E-state index contributed by atoms with van der Waals surface area (Å²) >= 11 is 0. The van der Waals surface area contributed by atoms with Gasteiger partial charge in [0.2, 0.25) is 10.0 Å². The smallest absolute Gasteiger partial charge is 0.333 e. The number of hydrogen-bond acceptors (Lipinski definition) is 9. The quantitative estimate of drug-likeness (QED) is 0.137. The van der Waals surface area contributed by atoms with E-state index < -0.39 is 52.4 Å². The molecule has 0 bridgehead atoms. The van der Waals surface area contributed by atoms with Crippen LogP contribution in [0.3, 0.4) is 0 Å². The van der Waals surface area contributed by atoms with Crippen LogP contribution in [0.4, 0.5) is 9.59 Å². The Hall–Kier alpha value is -2.53. The fraction of sp³-hybridized carbons (Fsp3) is 0.875. The summed E-state index contributed by atoms with van der Waals surface area (Å²) in [6.07, 6.45) is 8.99. The molecule has 15 nitrogen and oxygen atoms in total. The SMILES string of the molecule is COC1CCC([C@H](CC(=O)O)NC(=O)N(CC(=O)C(C)(C)NC2CCC(NC(=O)NC3CCCCC3C)CC2)NS(C)(=O)=O)CC1OC. The van der Waals surface area contributed by atoms with Gasteiger partial charge in [-0.05, 0) is 83.5 Å². The third-order valence-corrected chi connectivity index (χ3v) is 10.8. The summed E-state index contributed by atoms with van der Waals surface area (Å²) in [5, 5.41) is 22.6. The van der Waals surface area contributed by atoms with Crippen molar-refractivity contribution in [3.05, 3.63) is 0 Å². The first-order valence-electron chi connectivity index (χ1n) is 17.2. The molecule has 0 spiro atoms. The van der Waals surface area contributed by atoms with Gasteiger partial charge in [-0.1, -0.05) is 19.8 Å². The maximum absolute atomic E-state index is 13.6. The zero-order chi connectivity index (χ0) is 35.6. The number of ether oxygens (including phenoxy) is 2. The predicted octanol–water partition coefficient (Wildman–Crippen LogP) is 2.26. The maximum Gasteiger partial charge on any atom is 0.333 e. The number of carbonyl (C=O) groups is 4. The van der Waals surface area contributed by atoms with E-state index >= 15 is 0 Å². The number of carboxylic acid groups (broad SMARTS) is 1. The van der Waals surface area contributed by atoms with E-state index in [1.165, 1.54) is 6.42 Å². The number of amides is 4. The fourth-order valence-electron chi connectivity index (χ4n) is 7.36. The molecule has 6 atom stereocenters. The number of carbonyl (C=O) groups excluding carboxylic acids is 3. The highest BCUT2D eigenvalue weighted by Crippen LogP contribution is 2.32. The summed E-state index contributed by atoms with van der Waals surface area (Å²) in [6, 6.07) is -1.70. The average Bonchev–Trinajstić information content (AvgIpc) is 3.01. The van der Waals surface area contributed by atoms with E-state index in [9.17, 15) is 32.7 Å². The lowest BCUT2D eigenvalue weighted by Crippen LogP contribution is -2.61. The van der Waals surface area contributed by atoms with Crippen molar-refractivity contribution in [1.29, 1.82) is 0 Å². The van der Waals surface area contributed by atoms with E-state index in [0.717, 1.165) is 51.2 Å². The molecule has 0 aromatic rings. The molecule has 0 aromatic heterocycles. The Balaban J connectivity index is 1.58. The molecule has 4 amide bonds. The van der Waals surface area contributed by atoms with Crippen molar-refractivity contribution in [3.63, 3.8) is 0 Å². The molecule has 0 aromatic carbocycles. The molecule has 48 heavy (non-hydrogen) atoms. The number of urea groups is 2. The first-order chi connectivity index (χ1) is 22.5. The van der Waals surface area contributed by atoms with Gasteiger partial charge < -0.3 is 35.8 Å². The summed E-state index contributed by atoms with van der Waals surface area (Å²) < 4.78 is 35.5. The van der Waals surface area contributed by atoms with E-state index in [1.807, 2.05) is 0 Å². The number of nitrogens with one attached hydrogen (secondary N) is 5. The lowest BCUT2D eigenvalue weighted by Gasteiger charge is -2.39. The van der Waals surface area contributed by atoms with Gasteiger partial charge in [0, 0.05) is 38.4 Å². The molecule has 3 saturated carbocycles. The van der Waals surface area contributed by atoms with Crippen molar-refractivity contribution >= 4 is 33.8 Å². The van der Waals surface area contributed by atoms with Crippen LogP contribution >= 0.6 is 0 Å². The summed E-state index contributed by atoms with van der Waals surface area (Å²) in [7, 11) is -0.847. The van der Waals surface area contributed by atoms with Crippen molar-refractivity contribution in [2.75, 3.05) is 27.0 Å². The topological polar surface area (TPSA) is 204 Å². The third-order valence-electron chi connectivity index (χ3n) is 10.2. The van der Waals surface area contributed by atoms with Crippen LogP contribution in [0.1, 0.15) is 97.8 Å². The summed E-state index contributed by atoms with van der Waals surface area (Å²) in [5.74, 6) is -1.38. The first kappa shape index (κ1) is 39.9. The van der Waals surface area contributed by atoms with Crippen LogP contribution in [0, 0.1) is 11.8 Å². The van der Waals surface area contributed by atoms with Crippen LogP contribution in [0.15, 0.2) is 0 Å². The van der Waals surface area contributed by atoms with E-state index in [2.05, 4.69) is 33.0 Å². The maximum atomic E-state index is 13.6. The number of rotatable bonds is 15. The molecular formula is C32H58N6O9S. The average molecular weight is 703 g/mol. The number of Topliss-reactive ketones (excluding diaryl/α,β-unsaturated/α-hetero) is 1. The van der Waals surface area contributed by atoms with Crippen molar-refractivity contribution in [2.45, 2.75) is 140 Å². The van der Waals surface area contributed by atoms with Gasteiger partial charge in [-0.3, -0.25) is 9.59 Å². The number of ketones is 1. The van der Waals surface area contributed by atoms with Crippen LogP contribution < -0.4 is 26.1 Å². The van der Waals surface area contributed by atoms with Crippen molar-refractivity contribution in [2.24, 2.45) is 11.8 Å². The fourth-order valence-corrected chi connectivity index (χ4v) is 7.91. The molecule has 5 unspecified atom stereocenters. The highest BCUT2D eigenvalue weighted by molar-refractivity contribution is 7.88. The minimum Gasteiger partial charge on any atom is -0.481 e. The van der Waals surface area contributed by atoms with Crippen molar-refractivity contribution in [3.8, 4) is 0 Å². The monoisotopic (exact) mass is 702 g/mol. The zero-order valence-electron chi connectivity index (χ0n) is 29.4. The largest absolute Gasteiger partial charge is 0.481 e. The van der Waals surface area contributed by atoms with Gasteiger partial charge in [0.1, 0.15) is 6.54 Å². The Morgan fingerprint density at radius 1 is 0.896 bits per heavy atom. The normalized spacial score (nSPS) is 28.9. The second-order valence-corrected chi connectivity index (χ2v) is 16.2. The van der Waals surface area contributed by atoms with Crippen LogP contribution in [0.25, 0.3) is 0 Å². The minimum absolute atomic E-state index is 0.0236. The van der Waals surface area contributed by atoms with Crippen LogP contribution in [-0.2, 0) is 29.1 Å². The van der Waals surface area contributed by atoms with E-state index in [-0.39, 0.29) is 42.3 Å². The van der Waals surface area contributed by atoms with E-state index in [0.29, 0.717) is 30.2 Å². The van der Waals surface area contributed by atoms with Crippen LogP contribution in [-0.4, -0.2) is 111 Å². The Kier molecular flexibility index (Phi) is 14.9. The van der Waals surface area contributed by atoms with Crippen molar-refractivity contribution < 1.29 is 42.2 Å². The Bertz CT molecular complexity index is 1210. The van der Waals surface area contributed by atoms with Crippen molar-refractivity contribution in [1.82, 2.24) is 31.1 Å². The molecule has 0 saturated heterocycles. The molecule has 16 heteroatoms. The zero-order valence-corrected chi connectivity index (χ0v) is 30.2. The van der Waals surface area contributed by atoms with Crippen LogP contribution in [0.2, 0.25) is 0 Å². The van der Waals surface area contributed by atoms with Gasteiger partial charge in [0.05, 0.1) is 30.4 Å².